The molecule has 2 N–H and O–H groups in total. The average Bonchev–Trinajstić information content (AvgIpc) is 2.61. The second kappa shape index (κ2) is 9.33. The van der Waals surface area contributed by atoms with Crippen LogP contribution in [0.5, 0.6) is 5.75 Å². The van der Waals surface area contributed by atoms with E-state index in [0.29, 0.717) is 5.69 Å². The first-order valence-electron chi connectivity index (χ1n) is 8.06. The highest BCUT2D eigenvalue weighted by molar-refractivity contribution is 6.02. The van der Waals surface area contributed by atoms with Gasteiger partial charge in [-0.3, -0.25) is 10.1 Å². The molecule has 0 saturated carbocycles. The fourth-order valence-corrected chi connectivity index (χ4v) is 2.16. The topological polar surface area (TPSA) is 93.7 Å². The Balaban J connectivity index is 1.72. The van der Waals surface area contributed by atoms with E-state index in [-0.39, 0.29) is 5.75 Å². The van der Waals surface area contributed by atoms with Gasteiger partial charge >= 0.3 is 12.0 Å². The van der Waals surface area contributed by atoms with Crippen LogP contribution in [0.4, 0.5) is 14.9 Å². The molecule has 2 aromatic carbocycles. The van der Waals surface area contributed by atoms with E-state index >= 15 is 0 Å². The minimum absolute atomic E-state index is 0.105. The molecule has 3 amide bonds. The number of anilines is 1. The molecule has 142 valence electrons. The summed E-state index contributed by atoms with van der Waals surface area (Å²) in [6, 6.07) is 10.2. The third-order valence-corrected chi connectivity index (χ3v) is 3.43. The van der Waals surface area contributed by atoms with Crippen molar-refractivity contribution in [1.82, 2.24) is 5.32 Å². The molecule has 0 saturated heterocycles. The van der Waals surface area contributed by atoms with E-state index < -0.39 is 36.9 Å². The van der Waals surface area contributed by atoms with Crippen LogP contribution in [0.2, 0.25) is 0 Å². The zero-order valence-corrected chi connectivity index (χ0v) is 14.9. The fraction of sp³-hybridized carbons (Fsp3) is 0.211. The number of aryl methyl sites for hydroxylation is 2. The maximum Gasteiger partial charge on any atom is 0.344 e. The normalized spacial score (nSPS) is 10.0. The van der Waals surface area contributed by atoms with Gasteiger partial charge in [0.05, 0.1) is 0 Å². The number of hydrogen-bond acceptors (Lipinski definition) is 5. The zero-order chi connectivity index (χ0) is 19.8. The number of para-hydroxylation sites is 1. The lowest BCUT2D eigenvalue weighted by Crippen LogP contribution is -2.37. The van der Waals surface area contributed by atoms with Crippen LogP contribution in [0.1, 0.15) is 11.1 Å². The number of carbonyl (C=O) groups excluding carboxylic acids is 3. The largest absolute Gasteiger partial charge is 0.479 e. The molecule has 0 fully saturated rings. The van der Waals surface area contributed by atoms with E-state index in [1.165, 1.54) is 18.2 Å². The standard InChI is InChI=1S/C19H19FN2O5/c1-12-7-8-15(13(2)9-12)21-19(25)22-17(23)10-27-18(24)11-26-16-6-4-3-5-14(16)20/h3-9H,10-11H2,1-2H3,(H2,21,22,23,25). The summed E-state index contributed by atoms with van der Waals surface area (Å²) in [4.78, 5) is 35.0. The Morgan fingerprint density at radius 3 is 2.48 bits per heavy atom. The molecular formula is C19H19FN2O5. The van der Waals surface area contributed by atoms with E-state index in [2.05, 4.69) is 10.1 Å². The van der Waals surface area contributed by atoms with Gasteiger partial charge in [0, 0.05) is 5.69 Å². The van der Waals surface area contributed by atoms with Crippen molar-refractivity contribution in [3.8, 4) is 5.75 Å². The van der Waals surface area contributed by atoms with Crippen molar-refractivity contribution >= 4 is 23.6 Å². The number of urea groups is 1. The maximum atomic E-state index is 13.3. The molecule has 0 aliphatic rings. The number of halogens is 1. The Hall–Kier alpha value is -3.42. The third kappa shape index (κ3) is 6.43. The van der Waals surface area contributed by atoms with Gasteiger partial charge in [0.15, 0.2) is 24.8 Å². The molecule has 2 aromatic rings. The Morgan fingerprint density at radius 1 is 1.04 bits per heavy atom. The number of carbonyl (C=O) groups is 3. The number of hydrogen-bond donors (Lipinski definition) is 2. The van der Waals surface area contributed by atoms with Gasteiger partial charge in [0.25, 0.3) is 5.91 Å². The first-order chi connectivity index (χ1) is 12.8. The predicted octanol–water partition coefficient (Wildman–Crippen LogP) is 2.71. The fourth-order valence-electron chi connectivity index (χ4n) is 2.16. The lowest BCUT2D eigenvalue weighted by atomic mass is 10.1. The minimum atomic E-state index is -0.872. The smallest absolute Gasteiger partial charge is 0.344 e. The van der Waals surface area contributed by atoms with E-state index in [4.69, 9.17) is 4.74 Å². The highest BCUT2D eigenvalue weighted by Crippen LogP contribution is 2.16. The molecule has 0 aliphatic heterocycles. The Kier molecular flexibility index (Phi) is 6.87. The molecule has 7 nitrogen and oxygen atoms in total. The molecule has 2 rings (SSSR count). The van der Waals surface area contributed by atoms with E-state index in [0.717, 1.165) is 11.1 Å². The van der Waals surface area contributed by atoms with Crippen molar-refractivity contribution in [3.63, 3.8) is 0 Å². The highest BCUT2D eigenvalue weighted by atomic mass is 19.1. The van der Waals surface area contributed by atoms with Gasteiger partial charge in [-0.05, 0) is 37.6 Å². The lowest BCUT2D eigenvalue weighted by Gasteiger charge is -2.10. The SMILES string of the molecule is Cc1ccc(NC(=O)NC(=O)COC(=O)COc2ccccc2F)c(C)c1. The summed E-state index contributed by atoms with van der Waals surface area (Å²) in [6.45, 7) is 2.51. The van der Waals surface area contributed by atoms with Crippen molar-refractivity contribution in [2.75, 3.05) is 18.5 Å². The van der Waals surface area contributed by atoms with E-state index in [1.807, 2.05) is 31.3 Å². The summed E-state index contributed by atoms with van der Waals surface area (Å²) in [7, 11) is 0. The maximum absolute atomic E-state index is 13.3. The van der Waals surface area contributed by atoms with Gasteiger partial charge in [-0.2, -0.15) is 0 Å². The number of esters is 1. The summed E-state index contributed by atoms with van der Waals surface area (Å²) in [6.07, 6.45) is 0. The molecule has 0 radical (unpaired) electrons. The third-order valence-electron chi connectivity index (χ3n) is 3.43. The molecule has 0 bridgehead atoms. The lowest BCUT2D eigenvalue weighted by molar-refractivity contribution is -0.150. The van der Waals surface area contributed by atoms with E-state index in [1.54, 1.807) is 12.1 Å². The van der Waals surface area contributed by atoms with Gasteiger partial charge in [-0.25, -0.2) is 14.0 Å². The number of ether oxygens (including phenoxy) is 2. The molecule has 8 heteroatoms. The summed E-state index contributed by atoms with van der Waals surface area (Å²) in [5.41, 5.74) is 2.44. The summed E-state index contributed by atoms with van der Waals surface area (Å²) >= 11 is 0. The first-order valence-corrected chi connectivity index (χ1v) is 8.06. The van der Waals surface area contributed by atoms with Gasteiger partial charge in [0.1, 0.15) is 0 Å². The molecule has 0 atom stereocenters. The van der Waals surface area contributed by atoms with Crippen molar-refractivity contribution in [3.05, 3.63) is 59.4 Å². The van der Waals surface area contributed by atoms with Crippen molar-refractivity contribution < 1.29 is 28.2 Å². The van der Waals surface area contributed by atoms with Crippen LogP contribution in [0.25, 0.3) is 0 Å². The molecule has 0 spiro atoms. The number of nitrogens with one attached hydrogen (secondary N) is 2. The van der Waals surface area contributed by atoms with Crippen molar-refractivity contribution in [2.24, 2.45) is 0 Å². The molecular weight excluding hydrogens is 355 g/mol. The van der Waals surface area contributed by atoms with Gasteiger partial charge < -0.3 is 14.8 Å². The van der Waals surface area contributed by atoms with Gasteiger partial charge in [-0.1, -0.05) is 29.8 Å². The Morgan fingerprint density at radius 2 is 1.78 bits per heavy atom. The molecule has 0 aromatic heterocycles. The van der Waals surface area contributed by atoms with Crippen LogP contribution in [0, 0.1) is 19.7 Å². The van der Waals surface area contributed by atoms with Crippen LogP contribution in [0.15, 0.2) is 42.5 Å². The number of rotatable bonds is 6. The Bertz CT molecular complexity index is 854. The first kappa shape index (κ1) is 19.9. The van der Waals surface area contributed by atoms with Crippen molar-refractivity contribution in [1.29, 1.82) is 0 Å². The number of amides is 3. The summed E-state index contributed by atoms with van der Waals surface area (Å²) in [5, 5.41) is 4.57. The number of benzene rings is 2. The monoisotopic (exact) mass is 374 g/mol. The van der Waals surface area contributed by atoms with Crippen LogP contribution in [-0.4, -0.2) is 31.1 Å². The number of imide groups is 1. The van der Waals surface area contributed by atoms with Crippen LogP contribution < -0.4 is 15.4 Å². The van der Waals surface area contributed by atoms with Crippen LogP contribution >= 0.6 is 0 Å². The van der Waals surface area contributed by atoms with Crippen LogP contribution in [-0.2, 0) is 14.3 Å². The second-order valence-electron chi connectivity index (χ2n) is 5.70. The summed E-state index contributed by atoms with van der Waals surface area (Å²) in [5.74, 6) is -2.41. The predicted molar refractivity (Wildman–Crippen MR) is 95.9 cm³/mol. The zero-order valence-electron chi connectivity index (χ0n) is 14.9. The van der Waals surface area contributed by atoms with Gasteiger partial charge in [0.2, 0.25) is 0 Å². The minimum Gasteiger partial charge on any atom is -0.479 e. The highest BCUT2D eigenvalue weighted by Gasteiger charge is 2.13. The van der Waals surface area contributed by atoms with Gasteiger partial charge in [-0.15, -0.1) is 0 Å². The Labute approximate surface area is 155 Å². The van der Waals surface area contributed by atoms with Crippen molar-refractivity contribution in [2.45, 2.75) is 13.8 Å². The van der Waals surface area contributed by atoms with Crippen LogP contribution in [0.3, 0.4) is 0 Å². The quantitative estimate of drug-likeness (QED) is 0.759. The average molecular weight is 374 g/mol. The molecule has 0 heterocycles. The second-order valence-corrected chi connectivity index (χ2v) is 5.70. The van der Waals surface area contributed by atoms with E-state index in [9.17, 15) is 18.8 Å². The molecule has 27 heavy (non-hydrogen) atoms. The molecule has 0 aliphatic carbocycles. The molecule has 0 unspecified atom stereocenters. The summed E-state index contributed by atoms with van der Waals surface area (Å²) < 4.78 is 23.0.